The standard InChI is InChI=1S/C22H21BrFN5O/c1-14(15-3-5-16(24)6-4-15)28-9-11-29(12-10-28)21-17(13-25)22(30)27(2)18-7-8-19(23)26-20(18)21/h3-8,14H,9-12H2,1-2H3/t14-/m1/s1. The lowest BCUT2D eigenvalue weighted by Gasteiger charge is -2.39. The van der Waals surface area contributed by atoms with Crippen molar-refractivity contribution in [2.45, 2.75) is 13.0 Å². The van der Waals surface area contributed by atoms with Crippen molar-refractivity contribution in [3.05, 3.63) is 68.3 Å². The van der Waals surface area contributed by atoms with Gasteiger partial charge in [0.05, 0.1) is 11.2 Å². The maximum Gasteiger partial charge on any atom is 0.270 e. The van der Waals surface area contributed by atoms with Gasteiger partial charge >= 0.3 is 0 Å². The van der Waals surface area contributed by atoms with Gasteiger partial charge in [0.1, 0.15) is 27.6 Å². The molecule has 1 fully saturated rings. The Morgan fingerprint density at radius 3 is 2.43 bits per heavy atom. The molecular weight excluding hydrogens is 449 g/mol. The zero-order valence-corrected chi connectivity index (χ0v) is 18.4. The summed E-state index contributed by atoms with van der Waals surface area (Å²) in [7, 11) is 1.66. The summed E-state index contributed by atoms with van der Waals surface area (Å²) in [5.41, 5.74) is 2.81. The van der Waals surface area contributed by atoms with E-state index in [1.807, 2.05) is 18.2 Å². The first-order valence-electron chi connectivity index (χ1n) is 9.74. The largest absolute Gasteiger partial charge is 0.366 e. The van der Waals surface area contributed by atoms with Gasteiger partial charge in [-0.1, -0.05) is 12.1 Å². The minimum atomic E-state index is -0.314. The minimum absolute atomic E-state index is 0.121. The highest BCUT2D eigenvalue weighted by molar-refractivity contribution is 9.10. The van der Waals surface area contributed by atoms with Crippen LogP contribution in [0.1, 0.15) is 24.1 Å². The fraction of sp³-hybridized carbons (Fsp3) is 0.318. The van der Waals surface area contributed by atoms with Crippen molar-refractivity contribution in [3.8, 4) is 6.07 Å². The van der Waals surface area contributed by atoms with Crippen LogP contribution in [0.15, 0.2) is 45.8 Å². The molecule has 30 heavy (non-hydrogen) atoms. The summed E-state index contributed by atoms with van der Waals surface area (Å²) in [6.07, 6.45) is 0. The molecule has 1 aliphatic heterocycles. The number of nitrogens with zero attached hydrogens (tertiary/aromatic N) is 5. The van der Waals surface area contributed by atoms with E-state index in [4.69, 9.17) is 0 Å². The quantitative estimate of drug-likeness (QED) is 0.548. The molecule has 0 radical (unpaired) electrons. The maximum absolute atomic E-state index is 13.2. The van der Waals surface area contributed by atoms with Crippen LogP contribution in [0.2, 0.25) is 0 Å². The molecule has 8 heteroatoms. The van der Waals surface area contributed by atoms with Crippen LogP contribution in [-0.2, 0) is 7.05 Å². The van der Waals surface area contributed by atoms with Crippen molar-refractivity contribution in [2.75, 3.05) is 31.1 Å². The van der Waals surface area contributed by atoms with E-state index in [9.17, 15) is 14.4 Å². The van der Waals surface area contributed by atoms with Crippen LogP contribution in [0.4, 0.5) is 10.1 Å². The van der Waals surface area contributed by atoms with Gasteiger partial charge in [0, 0.05) is 39.3 Å². The molecule has 4 rings (SSSR count). The Hall–Kier alpha value is -2.76. The fourth-order valence-electron chi connectivity index (χ4n) is 4.06. The van der Waals surface area contributed by atoms with Crippen molar-refractivity contribution in [1.29, 1.82) is 5.26 Å². The second-order valence-corrected chi connectivity index (χ2v) is 8.26. The summed E-state index contributed by atoms with van der Waals surface area (Å²) in [6.45, 7) is 4.95. The van der Waals surface area contributed by atoms with E-state index < -0.39 is 0 Å². The molecule has 0 amide bonds. The molecule has 0 bridgehead atoms. The van der Waals surface area contributed by atoms with Gasteiger partial charge in [-0.3, -0.25) is 9.69 Å². The zero-order valence-electron chi connectivity index (χ0n) is 16.8. The van der Waals surface area contributed by atoms with Gasteiger partial charge in [-0.2, -0.15) is 5.26 Å². The van der Waals surface area contributed by atoms with Gasteiger partial charge in [0.15, 0.2) is 0 Å². The lowest BCUT2D eigenvalue weighted by molar-refractivity contribution is 0.198. The van der Waals surface area contributed by atoms with Gasteiger partial charge in [0.2, 0.25) is 0 Å². The molecule has 1 aliphatic rings. The van der Waals surface area contributed by atoms with E-state index in [1.54, 1.807) is 13.1 Å². The first-order chi connectivity index (χ1) is 14.4. The van der Waals surface area contributed by atoms with E-state index in [2.05, 4.69) is 43.7 Å². The molecule has 2 aromatic heterocycles. The van der Waals surface area contributed by atoms with Gasteiger partial charge in [-0.05, 0) is 52.7 Å². The Bertz CT molecular complexity index is 1190. The number of rotatable bonds is 3. The summed E-state index contributed by atoms with van der Waals surface area (Å²) in [4.78, 5) is 21.8. The van der Waals surface area contributed by atoms with Crippen LogP contribution in [0.25, 0.3) is 11.0 Å². The number of aromatic nitrogens is 2. The Balaban J connectivity index is 1.66. The average Bonchev–Trinajstić information content (AvgIpc) is 2.76. The number of aryl methyl sites for hydroxylation is 1. The number of hydrogen-bond donors (Lipinski definition) is 0. The highest BCUT2D eigenvalue weighted by Gasteiger charge is 2.27. The lowest BCUT2D eigenvalue weighted by Crippen LogP contribution is -2.48. The van der Waals surface area contributed by atoms with E-state index >= 15 is 0 Å². The third-order valence-corrected chi connectivity index (χ3v) is 6.27. The summed E-state index contributed by atoms with van der Waals surface area (Å²) in [5, 5.41) is 9.72. The third kappa shape index (κ3) is 3.59. The summed E-state index contributed by atoms with van der Waals surface area (Å²) >= 11 is 3.40. The lowest BCUT2D eigenvalue weighted by atomic mass is 10.1. The number of halogens is 2. The number of hydrogen-bond acceptors (Lipinski definition) is 5. The number of pyridine rings is 2. The molecule has 1 saturated heterocycles. The van der Waals surface area contributed by atoms with Crippen LogP contribution >= 0.6 is 15.9 Å². The third-order valence-electron chi connectivity index (χ3n) is 5.82. The van der Waals surface area contributed by atoms with E-state index in [0.717, 1.165) is 18.7 Å². The number of benzene rings is 1. The van der Waals surface area contributed by atoms with E-state index in [0.29, 0.717) is 34.4 Å². The molecule has 1 atom stereocenters. The maximum atomic E-state index is 13.2. The van der Waals surface area contributed by atoms with Crippen molar-refractivity contribution in [3.63, 3.8) is 0 Å². The van der Waals surface area contributed by atoms with Gasteiger partial charge in [-0.25, -0.2) is 9.37 Å². The molecule has 1 aromatic carbocycles. The number of piperazine rings is 1. The SMILES string of the molecule is C[C@H](c1ccc(F)cc1)N1CCN(c2c(C#N)c(=O)n(C)c3ccc(Br)nc23)CC1. The van der Waals surface area contributed by atoms with E-state index in [1.165, 1.54) is 16.7 Å². The molecule has 0 unspecified atom stereocenters. The predicted octanol–water partition coefficient (Wildman–Crippen LogP) is 3.59. The molecule has 0 spiro atoms. The molecule has 154 valence electrons. The van der Waals surface area contributed by atoms with Crippen molar-refractivity contribution in [1.82, 2.24) is 14.5 Å². The van der Waals surface area contributed by atoms with Crippen LogP contribution in [0, 0.1) is 17.1 Å². The summed E-state index contributed by atoms with van der Waals surface area (Å²) in [6, 6.07) is 12.5. The Morgan fingerprint density at radius 1 is 1.13 bits per heavy atom. The van der Waals surface area contributed by atoms with E-state index in [-0.39, 0.29) is 23.0 Å². The second kappa shape index (κ2) is 8.17. The van der Waals surface area contributed by atoms with Crippen LogP contribution in [0.3, 0.4) is 0 Å². The number of nitriles is 1. The summed E-state index contributed by atoms with van der Waals surface area (Å²) < 4.78 is 15.4. The zero-order chi connectivity index (χ0) is 21.4. The molecule has 0 N–H and O–H groups in total. The molecule has 0 saturated carbocycles. The van der Waals surface area contributed by atoms with Gasteiger partial charge in [0.25, 0.3) is 5.56 Å². The summed E-state index contributed by atoms with van der Waals surface area (Å²) in [5.74, 6) is -0.240. The van der Waals surface area contributed by atoms with Crippen molar-refractivity contribution in [2.24, 2.45) is 7.05 Å². The molecule has 3 aromatic rings. The highest BCUT2D eigenvalue weighted by Crippen LogP contribution is 2.30. The highest BCUT2D eigenvalue weighted by atomic mass is 79.9. The Kier molecular flexibility index (Phi) is 5.58. The Labute approximate surface area is 182 Å². The van der Waals surface area contributed by atoms with Crippen LogP contribution < -0.4 is 10.5 Å². The van der Waals surface area contributed by atoms with Gasteiger partial charge in [-0.15, -0.1) is 0 Å². The van der Waals surface area contributed by atoms with Crippen molar-refractivity contribution >= 4 is 32.7 Å². The average molecular weight is 470 g/mol. The minimum Gasteiger partial charge on any atom is -0.366 e. The van der Waals surface area contributed by atoms with Crippen LogP contribution in [0.5, 0.6) is 0 Å². The fourth-order valence-corrected chi connectivity index (χ4v) is 4.37. The molecule has 0 aliphatic carbocycles. The molecule has 6 nitrogen and oxygen atoms in total. The smallest absolute Gasteiger partial charge is 0.270 e. The van der Waals surface area contributed by atoms with Gasteiger partial charge < -0.3 is 9.47 Å². The first kappa shape index (κ1) is 20.5. The normalized spacial score (nSPS) is 15.9. The number of fused-ring (bicyclic) bond motifs is 1. The molecule has 3 heterocycles. The Morgan fingerprint density at radius 2 is 1.80 bits per heavy atom. The topological polar surface area (TPSA) is 65.2 Å². The van der Waals surface area contributed by atoms with Crippen molar-refractivity contribution < 1.29 is 4.39 Å². The predicted molar refractivity (Wildman–Crippen MR) is 118 cm³/mol. The second-order valence-electron chi connectivity index (χ2n) is 7.45. The van der Waals surface area contributed by atoms with Crippen LogP contribution in [-0.4, -0.2) is 40.6 Å². The first-order valence-corrected chi connectivity index (χ1v) is 10.5. The monoisotopic (exact) mass is 469 g/mol. The molecular formula is C22H21BrFN5O. The number of anilines is 1.